The molecule has 2 saturated heterocycles. The van der Waals surface area contributed by atoms with Crippen LogP contribution < -0.4 is 10.2 Å². The zero-order valence-corrected chi connectivity index (χ0v) is 15.5. The van der Waals surface area contributed by atoms with Gasteiger partial charge >= 0.3 is 0 Å². The topological polar surface area (TPSA) is 69.7 Å². The van der Waals surface area contributed by atoms with Crippen molar-refractivity contribution >= 4 is 23.4 Å². The molecule has 2 fully saturated rings. The number of nitrogens with one attached hydrogen (secondary N) is 1. The number of carbonyl (C=O) groups excluding carboxylic acids is 3. The van der Waals surface area contributed by atoms with E-state index in [-0.39, 0.29) is 24.1 Å². The summed E-state index contributed by atoms with van der Waals surface area (Å²) >= 11 is 0. The van der Waals surface area contributed by atoms with Crippen molar-refractivity contribution < 1.29 is 14.4 Å². The molecule has 3 amide bonds. The van der Waals surface area contributed by atoms with Crippen molar-refractivity contribution in [2.24, 2.45) is 5.41 Å². The zero-order chi connectivity index (χ0) is 19.3. The number of anilines is 1. The van der Waals surface area contributed by atoms with E-state index in [4.69, 9.17) is 0 Å². The van der Waals surface area contributed by atoms with E-state index >= 15 is 0 Å². The quantitative estimate of drug-likeness (QED) is 0.816. The summed E-state index contributed by atoms with van der Waals surface area (Å²) in [4.78, 5) is 40.8. The fourth-order valence-electron chi connectivity index (χ4n) is 4.60. The second-order valence-corrected chi connectivity index (χ2v) is 7.99. The van der Waals surface area contributed by atoms with Crippen LogP contribution in [0.5, 0.6) is 0 Å². The Balaban J connectivity index is 1.34. The average Bonchev–Trinajstić information content (AvgIpc) is 3.39. The second-order valence-electron chi connectivity index (χ2n) is 7.99. The van der Waals surface area contributed by atoms with E-state index in [1.807, 2.05) is 24.3 Å². The molecular weight excluding hydrogens is 354 g/mol. The number of hydrogen-bond donors (Lipinski definition) is 1. The number of imide groups is 1. The van der Waals surface area contributed by atoms with Crippen LogP contribution in [-0.4, -0.2) is 35.7 Å². The first kappa shape index (κ1) is 17.0. The Morgan fingerprint density at radius 3 is 2.43 bits per heavy atom. The van der Waals surface area contributed by atoms with Crippen LogP contribution in [0, 0.1) is 5.41 Å². The molecule has 0 aliphatic carbocycles. The van der Waals surface area contributed by atoms with Crippen molar-refractivity contribution in [2.45, 2.75) is 25.9 Å². The van der Waals surface area contributed by atoms with Gasteiger partial charge in [-0.1, -0.05) is 30.3 Å². The number of benzene rings is 2. The molecular formula is C22H21N3O3. The van der Waals surface area contributed by atoms with Gasteiger partial charge in [-0.05, 0) is 35.7 Å². The molecule has 1 unspecified atom stereocenters. The summed E-state index contributed by atoms with van der Waals surface area (Å²) in [5.41, 5.74) is 3.54. The van der Waals surface area contributed by atoms with Crippen molar-refractivity contribution in [3.63, 3.8) is 0 Å². The molecule has 5 rings (SSSR count). The molecule has 28 heavy (non-hydrogen) atoms. The van der Waals surface area contributed by atoms with Crippen LogP contribution in [0.2, 0.25) is 0 Å². The van der Waals surface area contributed by atoms with Crippen LogP contribution in [0.15, 0.2) is 48.5 Å². The molecule has 3 aliphatic rings. The Bertz CT molecular complexity index is 977. The highest BCUT2D eigenvalue weighted by Crippen LogP contribution is 2.38. The van der Waals surface area contributed by atoms with Gasteiger partial charge in [0.05, 0.1) is 5.41 Å². The summed E-state index contributed by atoms with van der Waals surface area (Å²) in [6, 6.07) is 16.1. The van der Waals surface area contributed by atoms with E-state index in [0.717, 1.165) is 18.8 Å². The van der Waals surface area contributed by atoms with Gasteiger partial charge in [0.15, 0.2) is 0 Å². The molecule has 142 valence electrons. The van der Waals surface area contributed by atoms with E-state index in [1.165, 1.54) is 11.1 Å². The van der Waals surface area contributed by atoms with E-state index < -0.39 is 5.41 Å². The summed E-state index contributed by atoms with van der Waals surface area (Å²) < 4.78 is 0. The van der Waals surface area contributed by atoms with Crippen LogP contribution in [0.4, 0.5) is 5.69 Å². The molecule has 0 saturated carbocycles. The number of likely N-dealkylation sites (tertiary alicyclic amines) is 1. The number of amides is 3. The van der Waals surface area contributed by atoms with Crippen LogP contribution in [0.1, 0.15) is 34.3 Å². The molecule has 1 spiro atoms. The van der Waals surface area contributed by atoms with Crippen LogP contribution in [0.25, 0.3) is 0 Å². The van der Waals surface area contributed by atoms with Crippen molar-refractivity contribution in [3.8, 4) is 0 Å². The van der Waals surface area contributed by atoms with Gasteiger partial charge in [-0.3, -0.25) is 19.7 Å². The Kier molecular flexibility index (Phi) is 3.75. The zero-order valence-electron chi connectivity index (χ0n) is 15.5. The number of hydrogen-bond acceptors (Lipinski definition) is 4. The maximum absolute atomic E-state index is 13.1. The molecule has 2 aromatic carbocycles. The fourth-order valence-corrected chi connectivity index (χ4v) is 4.60. The average molecular weight is 375 g/mol. The van der Waals surface area contributed by atoms with Crippen molar-refractivity contribution in [2.75, 3.05) is 18.0 Å². The molecule has 3 aliphatic heterocycles. The van der Waals surface area contributed by atoms with Crippen molar-refractivity contribution in [3.05, 3.63) is 65.2 Å². The number of carbonyl (C=O) groups is 3. The summed E-state index contributed by atoms with van der Waals surface area (Å²) in [6.45, 7) is 2.48. The number of rotatable bonds is 2. The summed E-state index contributed by atoms with van der Waals surface area (Å²) in [7, 11) is 0. The van der Waals surface area contributed by atoms with Gasteiger partial charge in [0.25, 0.3) is 5.91 Å². The van der Waals surface area contributed by atoms with Gasteiger partial charge in [0.2, 0.25) is 11.8 Å². The van der Waals surface area contributed by atoms with Crippen molar-refractivity contribution in [1.82, 2.24) is 10.2 Å². The third-order valence-electron chi connectivity index (χ3n) is 6.17. The predicted octanol–water partition coefficient (Wildman–Crippen LogP) is 2.09. The Morgan fingerprint density at radius 2 is 1.75 bits per heavy atom. The third kappa shape index (κ3) is 2.68. The van der Waals surface area contributed by atoms with E-state index in [1.54, 1.807) is 4.90 Å². The number of nitrogens with zero attached hydrogens (tertiary/aromatic N) is 2. The number of fused-ring (bicyclic) bond motifs is 1. The molecule has 1 N–H and O–H groups in total. The van der Waals surface area contributed by atoms with E-state index in [9.17, 15) is 14.4 Å². The predicted molar refractivity (Wildman–Crippen MR) is 103 cm³/mol. The van der Waals surface area contributed by atoms with Gasteiger partial charge in [0, 0.05) is 43.9 Å². The van der Waals surface area contributed by atoms with E-state index in [2.05, 4.69) is 34.5 Å². The highest BCUT2D eigenvalue weighted by Gasteiger charge is 2.51. The first-order chi connectivity index (χ1) is 13.5. The normalized spacial score (nSPS) is 23.4. The lowest BCUT2D eigenvalue weighted by atomic mass is 9.85. The smallest absolute Gasteiger partial charge is 0.253 e. The molecule has 0 radical (unpaired) electrons. The van der Waals surface area contributed by atoms with Crippen LogP contribution in [-0.2, 0) is 22.7 Å². The molecule has 3 heterocycles. The van der Waals surface area contributed by atoms with E-state index in [0.29, 0.717) is 25.1 Å². The third-order valence-corrected chi connectivity index (χ3v) is 6.17. The fraction of sp³-hybridized carbons (Fsp3) is 0.318. The van der Waals surface area contributed by atoms with Crippen LogP contribution >= 0.6 is 0 Å². The maximum Gasteiger partial charge on any atom is 0.253 e. The molecule has 2 aromatic rings. The first-order valence-electron chi connectivity index (χ1n) is 9.59. The lowest BCUT2D eigenvalue weighted by Crippen LogP contribution is -2.36. The van der Waals surface area contributed by atoms with Gasteiger partial charge in [0.1, 0.15) is 0 Å². The monoisotopic (exact) mass is 375 g/mol. The van der Waals surface area contributed by atoms with Gasteiger partial charge in [-0.2, -0.15) is 0 Å². The molecule has 0 aromatic heterocycles. The van der Waals surface area contributed by atoms with Gasteiger partial charge < -0.3 is 9.80 Å². The highest BCUT2D eigenvalue weighted by atomic mass is 16.2. The Labute approximate surface area is 163 Å². The largest absolute Gasteiger partial charge is 0.363 e. The second kappa shape index (κ2) is 6.19. The Hall–Kier alpha value is -3.15. The minimum Gasteiger partial charge on any atom is -0.363 e. The minimum absolute atomic E-state index is 0.0809. The molecule has 6 heteroatoms. The van der Waals surface area contributed by atoms with Crippen molar-refractivity contribution in [1.29, 1.82) is 0 Å². The standard InChI is InChI=1S/C22H21N3O3/c26-19-11-22(21(28)23-19)8-9-24(14-22)20(27)15-6-3-7-18(10-15)25-12-16-4-1-2-5-17(16)13-25/h1-7,10H,8-9,11-14H2,(H,23,26,28). The molecule has 0 bridgehead atoms. The molecule has 1 atom stereocenters. The minimum atomic E-state index is -0.735. The summed E-state index contributed by atoms with van der Waals surface area (Å²) in [5, 5.41) is 2.38. The summed E-state index contributed by atoms with van der Waals surface area (Å²) in [5.74, 6) is -0.561. The lowest BCUT2D eigenvalue weighted by molar-refractivity contribution is -0.128. The van der Waals surface area contributed by atoms with Crippen LogP contribution in [0.3, 0.4) is 0 Å². The van der Waals surface area contributed by atoms with Gasteiger partial charge in [-0.15, -0.1) is 0 Å². The maximum atomic E-state index is 13.1. The first-order valence-corrected chi connectivity index (χ1v) is 9.59. The Morgan fingerprint density at radius 1 is 1.00 bits per heavy atom. The molecule has 6 nitrogen and oxygen atoms in total. The highest BCUT2D eigenvalue weighted by molar-refractivity contribution is 6.07. The summed E-state index contributed by atoms with van der Waals surface area (Å²) in [6.07, 6.45) is 0.721. The SMILES string of the molecule is O=C1CC2(CCN(C(=O)c3cccc(N4Cc5ccccc5C4)c3)C2)C(=O)N1. The lowest BCUT2D eigenvalue weighted by Gasteiger charge is -2.22. The van der Waals surface area contributed by atoms with Gasteiger partial charge in [-0.25, -0.2) is 0 Å².